The number of benzene rings is 9. The molecule has 9 aromatic rings. The van der Waals surface area contributed by atoms with Crippen molar-refractivity contribution in [2.24, 2.45) is 0 Å². The second kappa shape index (κ2) is 15.8. The van der Waals surface area contributed by atoms with E-state index in [1.165, 1.54) is 89.3 Å². The van der Waals surface area contributed by atoms with Crippen LogP contribution in [0, 0.1) is 0 Å². The Labute approximate surface area is 432 Å². The number of anilines is 11. The molecule has 4 heterocycles. The first-order valence-corrected chi connectivity index (χ1v) is 26.0. The molecule has 356 valence electrons. The lowest BCUT2D eigenvalue weighted by Crippen LogP contribution is -2.68. The fraction of sp³-hybridized carbons (Fsp3) is 0.182. The Morgan fingerprint density at radius 3 is 1.26 bits per heavy atom. The minimum Gasteiger partial charge on any atom is -0.399 e. The molecule has 0 spiro atoms. The number of nitrogens with zero attached hydrogens (tertiary/aromatic N) is 3. The van der Waals surface area contributed by atoms with Gasteiger partial charge in [0.05, 0.1) is 0 Å². The summed E-state index contributed by atoms with van der Waals surface area (Å²) in [7, 11) is 0. The quantitative estimate of drug-likeness (QED) is 0.136. The van der Waals surface area contributed by atoms with Crippen LogP contribution in [0.15, 0.2) is 182 Å². The molecule has 0 atom stereocenters. The van der Waals surface area contributed by atoms with Gasteiger partial charge in [0.2, 0.25) is 0 Å². The van der Waals surface area contributed by atoms with Crippen molar-refractivity contribution >= 4 is 109 Å². The molecular formula is C66H61B2N5. The van der Waals surface area contributed by atoms with Crippen LogP contribution in [0.3, 0.4) is 0 Å². The highest BCUT2D eigenvalue weighted by Crippen LogP contribution is 2.50. The average molecular weight is 946 g/mol. The summed E-state index contributed by atoms with van der Waals surface area (Å²) in [5, 5.41) is 0. The minimum atomic E-state index is -0.134. The second-order valence-electron chi connectivity index (χ2n) is 23.9. The summed E-state index contributed by atoms with van der Waals surface area (Å²) in [6.45, 7) is 20.8. The van der Waals surface area contributed by atoms with E-state index in [0.717, 1.165) is 45.0 Å². The molecule has 0 saturated carbocycles. The van der Waals surface area contributed by atoms with Crippen molar-refractivity contribution in [3.63, 3.8) is 0 Å². The largest absolute Gasteiger partial charge is 0.399 e. The van der Waals surface area contributed by atoms with Gasteiger partial charge in [-0.15, -0.1) is 0 Å². The summed E-state index contributed by atoms with van der Waals surface area (Å²) in [5.74, 6) is 0. The van der Waals surface area contributed by atoms with Gasteiger partial charge in [-0.25, -0.2) is 0 Å². The molecule has 0 fully saturated rings. The van der Waals surface area contributed by atoms with Gasteiger partial charge < -0.3 is 26.2 Å². The highest BCUT2D eigenvalue weighted by Gasteiger charge is 2.51. The smallest absolute Gasteiger partial charge is 0.252 e. The van der Waals surface area contributed by atoms with Crippen molar-refractivity contribution < 1.29 is 0 Å². The van der Waals surface area contributed by atoms with Crippen LogP contribution >= 0.6 is 0 Å². The van der Waals surface area contributed by atoms with Crippen molar-refractivity contribution in [3.8, 4) is 22.3 Å². The molecule has 0 aromatic heterocycles. The summed E-state index contributed by atoms with van der Waals surface area (Å²) in [6, 6.07) is 68.6. The molecular weight excluding hydrogens is 884 g/mol. The molecule has 5 nitrogen and oxygen atoms in total. The summed E-state index contributed by atoms with van der Waals surface area (Å²) in [5.41, 5.74) is 41.3. The van der Waals surface area contributed by atoms with Gasteiger partial charge in [0.1, 0.15) is 0 Å². The zero-order valence-corrected chi connectivity index (χ0v) is 43.5. The number of fused-ring (bicyclic) bond motifs is 8. The molecule has 0 amide bonds. The van der Waals surface area contributed by atoms with Crippen LogP contribution in [0.5, 0.6) is 0 Å². The Kier molecular flexibility index (Phi) is 9.74. The summed E-state index contributed by atoms with van der Waals surface area (Å²) in [4.78, 5) is 7.72. The summed E-state index contributed by atoms with van der Waals surface area (Å²) >= 11 is 0. The molecule has 4 N–H and O–H groups in total. The lowest BCUT2D eigenvalue weighted by molar-refractivity contribution is 0.590. The van der Waals surface area contributed by atoms with Gasteiger partial charge in [0, 0.05) is 62.6 Å². The first kappa shape index (κ1) is 45.0. The topological polar surface area (TPSA) is 61.8 Å². The molecule has 7 heteroatoms. The maximum atomic E-state index is 6.39. The Morgan fingerprint density at radius 2 is 0.726 bits per heavy atom. The Morgan fingerprint density at radius 1 is 0.315 bits per heavy atom. The van der Waals surface area contributed by atoms with E-state index in [9.17, 15) is 0 Å². The van der Waals surface area contributed by atoms with Crippen molar-refractivity contribution in [1.29, 1.82) is 0 Å². The zero-order chi connectivity index (χ0) is 50.5. The van der Waals surface area contributed by atoms with E-state index < -0.39 is 0 Å². The molecule has 0 aliphatic carbocycles. The van der Waals surface area contributed by atoms with E-state index in [1.807, 2.05) is 24.3 Å². The van der Waals surface area contributed by atoms with Crippen molar-refractivity contribution in [3.05, 3.63) is 199 Å². The highest BCUT2D eigenvalue weighted by molar-refractivity contribution is 7.04. The first-order valence-electron chi connectivity index (χ1n) is 26.0. The minimum absolute atomic E-state index is 0.0158. The summed E-state index contributed by atoms with van der Waals surface area (Å²) < 4.78 is 0. The van der Waals surface area contributed by atoms with Gasteiger partial charge in [-0.05, 0) is 173 Å². The molecule has 0 radical (unpaired) electrons. The second-order valence-corrected chi connectivity index (χ2v) is 23.9. The first-order chi connectivity index (χ1) is 34.9. The number of rotatable bonds is 4. The molecule has 73 heavy (non-hydrogen) atoms. The predicted molar refractivity (Wildman–Crippen MR) is 316 cm³/mol. The van der Waals surface area contributed by atoms with Crippen LogP contribution < -0.4 is 58.9 Å². The molecule has 0 bridgehead atoms. The van der Waals surface area contributed by atoms with Crippen molar-refractivity contribution in [2.75, 3.05) is 26.2 Å². The van der Waals surface area contributed by atoms with E-state index >= 15 is 0 Å². The number of para-hydroxylation sites is 1. The zero-order valence-electron chi connectivity index (χ0n) is 43.5. The maximum absolute atomic E-state index is 6.39. The van der Waals surface area contributed by atoms with Gasteiger partial charge in [0.15, 0.2) is 0 Å². The fourth-order valence-electron chi connectivity index (χ4n) is 12.3. The van der Waals surface area contributed by atoms with E-state index in [-0.39, 0.29) is 29.7 Å². The van der Waals surface area contributed by atoms with Gasteiger partial charge in [-0.2, -0.15) is 0 Å². The third-order valence-electron chi connectivity index (χ3n) is 16.2. The Bertz CT molecular complexity index is 3710. The third-order valence-corrected chi connectivity index (χ3v) is 16.2. The number of nitrogens with two attached hydrogens (primary N) is 2. The molecule has 0 unspecified atom stereocenters. The van der Waals surface area contributed by atoms with Crippen molar-refractivity contribution in [2.45, 2.75) is 78.6 Å². The molecule has 9 aromatic carbocycles. The van der Waals surface area contributed by atoms with Gasteiger partial charge in [-0.1, -0.05) is 159 Å². The van der Waals surface area contributed by atoms with Crippen LogP contribution in [0.2, 0.25) is 0 Å². The van der Waals surface area contributed by atoms with Crippen LogP contribution in [0.4, 0.5) is 62.6 Å². The SMILES string of the molecule is CC(C)(C)c1ccc(N2c3cc(-c4ccc(N)cc4)ccc3B3c4cc(C(C)(C)C)cc5c4N(c4cccc2c43)c2cc(-c3ccc(N)cc3)cc3c2B5c2ccccc2N3c2ccc(C(C)(C)C)cc2)cc1. The average Bonchev–Trinajstić information content (AvgIpc) is 3.38. The number of nitrogen functional groups attached to an aromatic ring is 2. The standard InChI is InChI=1S/C66H61B2N5/c1-64(2,3)44-22-30-49(31-23-44)71-55-14-11-10-13-51(55)67-53-38-46(66(7,8)9)39-54-63(53)73(60-37-43(36-59(71)62(60)67)41-19-28-48(70)29-20-41)57-16-12-15-56-61(57)68(54)52-34-21-42(40-17-26-47(69)27-18-40)35-58(52)72(56)50-32-24-45(25-33-50)65(4,5)6/h10-39H,69-70H2,1-9H3. The number of hydrogen-bond acceptors (Lipinski definition) is 5. The van der Waals surface area contributed by atoms with Crippen LogP contribution in [0.25, 0.3) is 22.3 Å². The lowest BCUT2D eigenvalue weighted by Gasteiger charge is -2.50. The van der Waals surface area contributed by atoms with E-state index in [4.69, 9.17) is 11.5 Å². The lowest BCUT2D eigenvalue weighted by atomic mass is 9.29. The van der Waals surface area contributed by atoms with Crippen LogP contribution in [0.1, 0.15) is 79.0 Å². The van der Waals surface area contributed by atoms with Gasteiger partial charge in [-0.3, -0.25) is 0 Å². The molecule has 4 aliphatic rings. The van der Waals surface area contributed by atoms with E-state index in [0.29, 0.717) is 0 Å². The van der Waals surface area contributed by atoms with E-state index in [1.54, 1.807) is 0 Å². The third kappa shape index (κ3) is 6.99. The molecule has 4 aliphatic heterocycles. The monoisotopic (exact) mass is 946 g/mol. The fourth-order valence-corrected chi connectivity index (χ4v) is 12.3. The molecule has 13 rings (SSSR count). The number of hydrogen-bond donors (Lipinski definition) is 2. The Hall–Kier alpha value is -7.89. The summed E-state index contributed by atoms with van der Waals surface area (Å²) in [6.07, 6.45) is 0. The van der Waals surface area contributed by atoms with Crippen LogP contribution in [-0.2, 0) is 16.2 Å². The Balaban J connectivity index is 1.13. The van der Waals surface area contributed by atoms with Crippen LogP contribution in [-0.4, -0.2) is 13.4 Å². The predicted octanol–water partition coefficient (Wildman–Crippen LogP) is 12.8. The van der Waals surface area contributed by atoms with Crippen molar-refractivity contribution in [1.82, 2.24) is 0 Å². The van der Waals surface area contributed by atoms with Gasteiger partial charge in [0.25, 0.3) is 13.4 Å². The normalized spacial score (nSPS) is 14.1. The maximum Gasteiger partial charge on any atom is 0.252 e. The molecule has 0 saturated heterocycles. The van der Waals surface area contributed by atoms with E-state index in [2.05, 4.69) is 235 Å². The highest BCUT2D eigenvalue weighted by atomic mass is 15.2. The van der Waals surface area contributed by atoms with Gasteiger partial charge >= 0.3 is 0 Å².